The van der Waals surface area contributed by atoms with E-state index in [4.69, 9.17) is 4.74 Å². The van der Waals surface area contributed by atoms with Crippen molar-refractivity contribution < 1.29 is 13.2 Å². The summed E-state index contributed by atoms with van der Waals surface area (Å²) in [5, 5.41) is 3.20. The lowest BCUT2D eigenvalue weighted by Gasteiger charge is -2.09. The van der Waals surface area contributed by atoms with Crippen LogP contribution in [0.1, 0.15) is 5.56 Å². The van der Waals surface area contributed by atoms with Crippen LogP contribution in [0, 0.1) is 0 Å². The third kappa shape index (κ3) is 6.26. The van der Waals surface area contributed by atoms with E-state index in [0.717, 1.165) is 6.54 Å². The monoisotopic (exact) mass is 320 g/mol. The van der Waals surface area contributed by atoms with Gasteiger partial charge in [-0.2, -0.15) is 0 Å². The van der Waals surface area contributed by atoms with E-state index in [1.165, 1.54) is 5.56 Å². The molecule has 6 heteroatoms. The number of benzene rings is 2. The van der Waals surface area contributed by atoms with E-state index < -0.39 is 10.0 Å². The summed E-state index contributed by atoms with van der Waals surface area (Å²) in [7, 11) is -3.47. The largest absolute Gasteiger partial charge is 0.362 e. The van der Waals surface area contributed by atoms with Crippen molar-refractivity contribution in [1.82, 2.24) is 5.32 Å². The maximum atomic E-state index is 11.8. The van der Waals surface area contributed by atoms with Gasteiger partial charge in [-0.05, 0) is 17.7 Å². The summed E-state index contributed by atoms with van der Waals surface area (Å²) in [5.74, 6) is -0.352. The molecule has 0 radical (unpaired) electrons. The van der Waals surface area contributed by atoms with Crippen LogP contribution in [0.25, 0.3) is 0 Å². The minimum Gasteiger partial charge on any atom is -0.362 e. The highest BCUT2D eigenvalue weighted by atomic mass is 32.2. The molecule has 2 N–H and O–H groups in total. The molecule has 0 aliphatic rings. The van der Waals surface area contributed by atoms with Crippen LogP contribution in [0.4, 0.5) is 5.69 Å². The van der Waals surface area contributed by atoms with Crippen LogP contribution in [-0.4, -0.2) is 27.5 Å². The number of rotatable bonds is 9. The zero-order chi connectivity index (χ0) is 15.7. The second-order valence-corrected chi connectivity index (χ2v) is 6.44. The molecule has 0 bridgehead atoms. The molecule has 0 saturated carbocycles. The van der Waals surface area contributed by atoms with E-state index in [9.17, 15) is 8.42 Å². The number of hydrogen-bond acceptors (Lipinski definition) is 4. The predicted octanol–water partition coefficient (Wildman–Crippen LogP) is 2.19. The summed E-state index contributed by atoms with van der Waals surface area (Å²) >= 11 is 0. The van der Waals surface area contributed by atoms with Gasteiger partial charge in [0.2, 0.25) is 0 Å². The molecule has 0 unspecified atom stereocenters. The first-order valence-corrected chi connectivity index (χ1v) is 8.69. The summed E-state index contributed by atoms with van der Waals surface area (Å²) in [6.07, 6.45) is 0. The Morgan fingerprint density at radius 3 is 2.23 bits per heavy atom. The number of anilines is 1. The molecule has 2 aromatic rings. The zero-order valence-corrected chi connectivity index (χ0v) is 13.1. The highest BCUT2D eigenvalue weighted by Crippen LogP contribution is 2.07. The Kier molecular flexibility index (Phi) is 6.39. The molecule has 0 atom stereocenters. The van der Waals surface area contributed by atoms with Gasteiger partial charge in [0.15, 0.2) is 5.94 Å². The van der Waals surface area contributed by atoms with Gasteiger partial charge in [-0.1, -0.05) is 48.5 Å². The second kappa shape index (κ2) is 8.53. The molecule has 0 saturated heterocycles. The Labute approximate surface area is 131 Å². The Bertz CT molecular complexity index is 646. The topological polar surface area (TPSA) is 67.4 Å². The average Bonchev–Trinajstić information content (AvgIpc) is 2.52. The minimum absolute atomic E-state index is 0.336. The number of ether oxygens (including phenoxy) is 1. The molecular weight excluding hydrogens is 300 g/mol. The van der Waals surface area contributed by atoms with Gasteiger partial charge in [0.05, 0.1) is 6.61 Å². The Balaban J connectivity index is 1.61. The lowest BCUT2D eigenvalue weighted by Crippen LogP contribution is -2.23. The van der Waals surface area contributed by atoms with Gasteiger partial charge >= 0.3 is 0 Å². The van der Waals surface area contributed by atoms with Crippen molar-refractivity contribution in [3.05, 3.63) is 66.2 Å². The van der Waals surface area contributed by atoms with Crippen LogP contribution >= 0.6 is 0 Å². The first-order chi connectivity index (χ1) is 10.7. The van der Waals surface area contributed by atoms with E-state index in [1.54, 1.807) is 24.3 Å². The highest BCUT2D eigenvalue weighted by molar-refractivity contribution is 7.92. The lowest BCUT2D eigenvalue weighted by atomic mass is 10.2. The lowest BCUT2D eigenvalue weighted by molar-refractivity contribution is 0.178. The number of para-hydroxylation sites is 1. The van der Waals surface area contributed by atoms with Gasteiger partial charge in [0, 0.05) is 18.8 Å². The summed E-state index contributed by atoms with van der Waals surface area (Å²) < 4.78 is 31.3. The summed E-state index contributed by atoms with van der Waals surface area (Å²) in [4.78, 5) is 0. The number of hydrogen-bond donors (Lipinski definition) is 2. The molecule has 118 valence electrons. The van der Waals surface area contributed by atoms with Crippen LogP contribution in [0.15, 0.2) is 60.7 Å². The van der Waals surface area contributed by atoms with E-state index in [0.29, 0.717) is 18.8 Å². The third-order valence-electron chi connectivity index (χ3n) is 2.88. The first kappa shape index (κ1) is 16.5. The fourth-order valence-electron chi connectivity index (χ4n) is 1.86. The van der Waals surface area contributed by atoms with Gasteiger partial charge in [-0.15, -0.1) is 0 Å². The molecule has 2 aromatic carbocycles. The standard InChI is InChI=1S/C16H20N2O3S/c19-22(20,18-16-9-5-2-6-10-16)14-21-12-11-17-13-15-7-3-1-4-8-15/h1-10,17-18H,11-14H2. The predicted molar refractivity (Wildman–Crippen MR) is 88.0 cm³/mol. The van der Waals surface area contributed by atoms with Gasteiger partial charge in [0.1, 0.15) is 0 Å². The van der Waals surface area contributed by atoms with E-state index in [-0.39, 0.29) is 5.94 Å². The molecular formula is C16H20N2O3S. The fraction of sp³-hybridized carbons (Fsp3) is 0.250. The molecule has 0 fully saturated rings. The third-order valence-corrected chi connectivity index (χ3v) is 3.90. The second-order valence-electron chi connectivity index (χ2n) is 4.77. The number of nitrogens with one attached hydrogen (secondary N) is 2. The first-order valence-electron chi connectivity index (χ1n) is 7.04. The fourth-order valence-corrected chi connectivity index (χ4v) is 2.75. The van der Waals surface area contributed by atoms with Crippen LogP contribution in [0.3, 0.4) is 0 Å². The van der Waals surface area contributed by atoms with Crippen molar-refractivity contribution in [1.29, 1.82) is 0 Å². The Hall–Kier alpha value is -1.89. The van der Waals surface area contributed by atoms with Crippen molar-refractivity contribution in [3.63, 3.8) is 0 Å². The molecule has 0 spiro atoms. The van der Waals surface area contributed by atoms with Crippen molar-refractivity contribution in [2.45, 2.75) is 6.54 Å². The average molecular weight is 320 g/mol. The molecule has 0 amide bonds. The SMILES string of the molecule is O=S(=O)(COCCNCc1ccccc1)Nc1ccccc1. The molecule has 0 aromatic heterocycles. The van der Waals surface area contributed by atoms with Crippen LogP contribution < -0.4 is 10.0 Å². The Morgan fingerprint density at radius 2 is 1.55 bits per heavy atom. The molecule has 22 heavy (non-hydrogen) atoms. The Morgan fingerprint density at radius 1 is 0.909 bits per heavy atom. The zero-order valence-electron chi connectivity index (χ0n) is 12.2. The van der Waals surface area contributed by atoms with Crippen LogP contribution in [0.5, 0.6) is 0 Å². The van der Waals surface area contributed by atoms with Crippen molar-refractivity contribution in [2.75, 3.05) is 23.8 Å². The molecule has 5 nitrogen and oxygen atoms in total. The van der Waals surface area contributed by atoms with Crippen LogP contribution in [0.2, 0.25) is 0 Å². The summed E-state index contributed by atoms with van der Waals surface area (Å²) in [5.41, 5.74) is 1.72. The smallest absolute Gasteiger partial charge is 0.257 e. The summed E-state index contributed by atoms with van der Waals surface area (Å²) in [6.45, 7) is 1.66. The number of sulfonamides is 1. The molecule has 0 heterocycles. The van der Waals surface area contributed by atoms with E-state index >= 15 is 0 Å². The quantitative estimate of drug-likeness (QED) is 0.695. The van der Waals surface area contributed by atoms with E-state index in [2.05, 4.69) is 10.0 Å². The van der Waals surface area contributed by atoms with Gasteiger partial charge in [-0.3, -0.25) is 4.72 Å². The van der Waals surface area contributed by atoms with E-state index in [1.807, 2.05) is 36.4 Å². The van der Waals surface area contributed by atoms with Crippen molar-refractivity contribution >= 4 is 15.7 Å². The van der Waals surface area contributed by atoms with Gasteiger partial charge < -0.3 is 10.1 Å². The highest BCUT2D eigenvalue weighted by Gasteiger charge is 2.09. The van der Waals surface area contributed by atoms with Crippen molar-refractivity contribution in [3.8, 4) is 0 Å². The normalized spacial score (nSPS) is 11.3. The molecule has 2 rings (SSSR count). The minimum atomic E-state index is -3.47. The van der Waals surface area contributed by atoms with Crippen molar-refractivity contribution in [2.24, 2.45) is 0 Å². The maximum absolute atomic E-state index is 11.8. The summed E-state index contributed by atoms with van der Waals surface area (Å²) in [6, 6.07) is 18.7. The molecule has 0 aliphatic heterocycles. The van der Waals surface area contributed by atoms with Gasteiger partial charge in [-0.25, -0.2) is 8.42 Å². The maximum Gasteiger partial charge on any atom is 0.257 e. The molecule has 0 aliphatic carbocycles. The van der Waals surface area contributed by atoms with Crippen LogP contribution in [-0.2, 0) is 21.3 Å². The van der Waals surface area contributed by atoms with Gasteiger partial charge in [0.25, 0.3) is 10.0 Å².